The molecule has 1 unspecified atom stereocenters. The van der Waals surface area contributed by atoms with E-state index in [-0.39, 0.29) is 11.9 Å². The standard InChI is InChI=1S/C22H30N4O/c1-17-20(15-23-26(17)19-11-5-6-12-19)22(27)24-21(16-25-13-7-8-14-25)18-9-3-2-4-10-18/h2-4,9-10,15,19,21H,5-8,11-14,16H2,1H3,(H,24,27). The Morgan fingerprint density at radius 2 is 1.85 bits per heavy atom. The average molecular weight is 367 g/mol. The summed E-state index contributed by atoms with van der Waals surface area (Å²) in [5.41, 5.74) is 2.87. The third-order valence-electron chi connectivity index (χ3n) is 6.11. The van der Waals surface area contributed by atoms with Crippen LogP contribution in [0.15, 0.2) is 36.5 Å². The zero-order valence-electron chi connectivity index (χ0n) is 16.2. The van der Waals surface area contributed by atoms with E-state index in [2.05, 4.69) is 32.1 Å². The maximum atomic E-state index is 13.1. The molecule has 1 atom stereocenters. The zero-order valence-corrected chi connectivity index (χ0v) is 16.2. The fourth-order valence-corrected chi connectivity index (χ4v) is 4.54. The summed E-state index contributed by atoms with van der Waals surface area (Å²) in [6, 6.07) is 10.8. The van der Waals surface area contributed by atoms with Gasteiger partial charge in [0.2, 0.25) is 0 Å². The molecular weight excluding hydrogens is 336 g/mol. The normalized spacial score (nSPS) is 19.4. The number of hydrogen-bond donors (Lipinski definition) is 1. The van der Waals surface area contributed by atoms with E-state index in [0.29, 0.717) is 11.6 Å². The number of amides is 1. The molecule has 2 fully saturated rings. The molecule has 1 aliphatic carbocycles. The Kier molecular flexibility index (Phi) is 5.58. The van der Waals surface area contributed by atoms with Crippen molar-refractivity contribution in [1.29, 1.82) is 0 Å². The lowest BCUT2D eigenvalue weighted by atomic mass is 10.1. The van der Waals surface area contributed by atoms with Crippen molar-refractivity contribution in [3.05, 3.63) is 53.3 Å². The highest BCUT2D eigenvalue weighted by Gasteiger charge is 2.25. The molecule has 0 spiro atoms. The summed E-state index contributed by atoms with van der Waals surface area (Å²) in [5.74, 6) is -0.00945. The van der Waals surface area contributed by atoms with Crippen molar-refractivity contribution < 1.29 is 4.79 Å². The Balaban J connectivity index is 1.51. The predicted molar refractivity (Wildman–Crippen MR) is 107 cm³/mol. The first-order valence-electron chi connectivity index (χ1n) is 10.3. The highest BCUT2D eigenvalue weighted by atomic mass is 16.1. The lowest BCUT2D eigenvalue weighted by Gasteiger charge is -2.25. The summed E-state index contributed by atoms with van der Waals surface area (Å²) >= 11 is 0. The van der Waals surface area contributed by atoms with Crippen LogP contribution in [0.25, 0.3) is 0 Å². The number of benzene rings is 1. The summed E-state index contributed by atoms with van der Waals surface area (Å²) in [7, 11) is 0. The van der Waals surface area contributed by atoms with E-state index in [9.17, 15) is 4.79 Å². The van der Waals surface area contributed by atoms with Crippen LogP contribution >= 0.6 is 0 Å². The molecule has 5 heteroatoms. The van der Waals surface area contributed by atoms with E-state index in [1.54, 1.807) is 6.20 Å². The van der Waals surface area contributed by atoms with Crippen LogP contribution in [0.5, 0.6) is 0 Å². The first kappa shape index (κ1) is 18.2. The molecule has 144 valence electrons. The Bertz CT molecular complexity index is 758. The van der Waals surface area contributed by atoms with Crippen LogP contribution < -0.4 is 5.32 Å². The molecule has 4 rings (SSSR count). The van der Waals surface area contributed by atoms with Gasteiger partial charge in [-0.1, -0.05) is 43.2 Å². The lowest BCUT2D eigenvalue weighted by Crippen LogP contribution is -2.37. The van der Waals surface area contributed by atoms with Gasteiger partial charge in [0.15, 0.2) is 0 Å². The van der Waals surface area contributed by atoms with Crippen molar-refractivity contribution in [2.45, 2.75) is 57.5 Å². The first-order valence-corrected chi connectivity index (χ1v) is 10.3. The molecule has 1 amide bonds. The monoisotopic (exact) mass is 366 g/mol. The van der Waals surface area contributed by atoms with Crippen LogP contribution in [0.1, 0.15) is 72.2 Å². The van der Waals surface area contributed by atoms with Crippen molar-refractivity contribution >= 4 is 5.91 Å². The van der Waals surface area contributed by atoms with Crippen LogP contribution in [0.3, 0.4) is 0 Å². The number of carbonyl (C=O) groups is 1. The van der Waals surface area contributed by atoms with Gasteiger partial charge < -0.3 is 10.2 Å². The second kappa shape index (κ2) is 8.26. The van der Waals surface area contributed by atoms with Crippen molar-refractivity contribution in [2.24, 2.45) is 0 Å². The summed E-state index contributed by atoms with van der Waals surface area (Å²) in [5, 5.41) is 7.83. The topological polar surface area (TPSA) is 50.2 Å². The maximum Gasteiger partial charge on any atom is 0.255 e. The van der Waals surface area contributed by atoms with E-state index in [1.807, 2.05) is 25.1 Å². The van der Waals surface area contributed by atoms with Crippen molar-refractivity contribution in [2.75, 3.05) is 19.6 Å². The first-order chi connectivity index (χ1) is 13.2. The number of nitrogens with zero attached hydrogens (tertiary/aromatic N) is 3. The molecule has 0 bridgehead atoms. The van der Waals surface area contributed by atoms with Crippen LogP contribution in [0.4, 0.5) is 0 Å². The SMILES string of the molecule is Cc1c(C(=O)NC(CN2CCCC2)c2ccccc2)cnn1C1CCCC1. The minimum absolute atomic E-state index is 0.00558. The minimum Gasteiger partial charge on any atom is -0.344 e. The summed E-state index contributed by atoms with van der Waals surface area (Å²) in [6.07, 6.45) is 9.12. The Hall–Kier alpha value is -2.14. The molecule has 2 aliphatic rings. The van der Waals surface area contributed by atoms with Gasteiger partial charge in [0.05, 0.1) is 23.8 Å². The fourth-order valence-electron chi connectivity index (χ4n) is 4.54. The quantitative estimate of drug-likeness (QED) is 0.844. The fraction of sp³-hybridized carbons (Fsp3) is 0.545. The molecule has 1 aromatic carbocycles. The van der Waals surface area contributed by atoms with E-state index < -0.39 is 0 Å². The number of rotatable bonds is 6. The van der Waals surface area contributed by atoms with Crippen molar-refractivity contribution in [3.8, 4) is 0 Å². The molecule has 1 aromatic heterocycles. The van der Waals surface area contributed by atoms with Gasteiger partial charge in [-0.15, -0.1) is 0 Å². The molecule has 2 aromatic rings. The van der Waals surface area contributed by atoms with Gasteiger partial charge >= 0.3 is 0 Å². The molecule has 1 saturated heterocycles. The predicted octanol–water partition coefficient (Wildman–Crippen LogP) is 3.87. The maximum absolute atomic E-state index is 13.1. The van der Waals surface area contributed by atoms with E-state index in [0.717, 1.165) is 25.3 Å². The molecule has 1 aliphatic heterocycles. The Morgan fingerprint density at radius 3 is 2.56 bits per heavy atom. The molecular formula is C22H30N4O. The van der Waals surface area contributed by atoms with Gasteiger partial charge in [-0.25, -0.2) is 0 Å². The van der Waals surface area contributed by atoms with E-state index in [4.69, 9.17) is 0 Å². The smallest absolute Gasteiger partial charge is 0.255 e. The zero-order chi connectivity index (χ0) is 18.6. The minimum atomic E-state index is -0.00945. The second-order valence-corrected chi connectivity index (χ2v) is 7.97. The number of hydrogen-bond acceptors (Lipinski definition) is 3. The highest BCUT2D eigenvalue weighted by Crippen LogP contribution is 2.30. The number of carbonyl (C=O) groups excluding carboxylic acids is 1. The number of aromatic nitrogens is 2. The van der Waals surface area contributed by atoms with Crippen molar-refractivity contribution in [1.82, 2.24) is 20.0 Å². The van der Waals surface area contributed by atoms with E-state index in [1.165, 1.54) is 44.1 Å². The highest BCUT2D eigenvalue weighted by molar-refractivity contribution is 5.95. The van der Waals surface area contributed by atoms with Crippen LogP contribution in [-0.4, -0.2) is 40.2 Å². The summed E-state index contributed by atoms with van der Waals surface area (Å²) in [4.78, 5) is 15.5. The molecule has 1 saturated carbocycles. The van der Waals surface area contributed by atoms with Gasteiger partial charge in [-0.2, -0.15) is 5.10 Å². The van der Waals surface area contributed by atoms with Gasteiger partial charge in [0.1, 0.15) is 0 Å². The molecule has 27 heavy (non-hydrogen) atoms. The van der Waals surface area contributed by atoms with Crippen LogP contribution in [0.2, 0.25) is 0 Å². The largest absolute Gasteiger partial charge is 0.344 e. The third-order valence-corrected chi connectivity index (χ3v) is 6.11. The number of nitrogens with one attached hydrogen (secondary N) is 1. The van der Waals surface area contributed by atoms with Gasteiger partial charge in [-0.05, 0) is 51.3 Å². The van der Waals surface area contributed by atoms with E-state index >= 15 is 0 Å². The molecule has 0 radical (unpaired) electrons. The Morgan fingerprint density at radius 1 is 1.15 bits per heavy atom. The average Bonchev–Trinajstić information content (AvgIpc) is 3.43. The van der Waals surface area contributed by atoms with Gasteiger partial charge in [0, 0.05) is 12.2 Å². The number of likely N-dealkylation sites (tertiary alicyclic amines) is 1. The van der Waals surface area contributed by atoms with Gasteiger partial charge in [-0.3, -0.25) is 9.48 Å². The van der Waals surface area contributed by atoms with Crippen LogP contribution in [-0.2, 0) is 0 Å². The lowest BCUT2D eigenvalue weighted by molar-refractivity contribution is 0.0926. The van der Waals surface area contributed by atoms with Gasteiger partial charge in [0.25, 0.3) is 5.91 Å². The Labute approximate surface area is 161 Å². The van der Waals surface area contributed by atoms with Crippen molar-refractivity contribution in [3.63, 3.8) is 0 Å². The molecule has 5 nitrogen and oxygen atoms in total. The summed E-state index contributed by atoms with van der Waals surface area (Å²) in [6.45, 7) is 5.14. The molecule has 1 N–H and O–H groups in total. The second-order valence-electron chi connectivity index (χ2n) is 7.97. The van der Waals surface area contributed by atoms with Crippen LogP contribution in [0, 0.1) is 6.92 Å². The molecule has 2 heterocycles. The third kappa shape index (κ3) is 4.08. The summed E-state index contributed by atoms with van der Waals surface area (Å²) < 4.78 is 2.07.